The molecule has 0 aliphatic carbocycles. The second kappa shape index (κ2) is 10.2. The summed E-state index contributed by atoms with van der Waals surface area (Å²) < 4.78 is 3.16. The molecule has 4 nitrogen and oxygen atoms in total. The molecule has 2 rings (SSSR count). The van der Waals surface area contributed by atoms with E-state index in [0.717, 1.165) is 49.7 Å². The zero-order valence-corrected chi connectivity index (χ0v) is 15.0. The van der Waals surface area contributed by atoms with Gasteiger partial charge in [-0.25, -0.2) is 4.98 Å². The summed E-state index contributed by atoms with van der Waals surface area (Å²) in [6.07, 6.45) is 11.3. The number of unbranched alkanes of at least 4 members (excludes halogenated alkanes) is 2. The molecular weight excluding hydrogens is 354 g/mol. The first-order valence-corrected chi connectivity index (χ1v) is 9.00. The van der Waals surface area contributed by atoms with E-state index in [-0.39, 0.29) is 5.91 Å². The topological polar surface area (TPSA) is 46.9 Å². The van der Waals surface area contributed by atoms with Crippen molar-refractivity contribution in [3.63, 3.8) is 0 Å². The molecule has 0 bridgehead atoms. The van der Waals surface area contributed by atoms with Crippen LogP contribution in [-0.4, -0.2) is 22.0 Å². The lowest BCUT2D eigenvalue weighted by Gasteiger charge is -2.06. The highest BCUT2D eigenvalue weighted by molar-refractivity contribution is 9.10. The first-order valence-electron chi connectivity index (χ1n) is 8.21. The Labute approximate surface area is 146 Å². The number of hydrogen-bond donors (Lipinski definition) is 1. The molecule has 1 N–H and O–H groups in total. The van der Waals surface area contributed by atoms with E-state index in [4.69, 9.17) is 0 Å². The van der Waals surface area contributed by atoms with Crippen molar-refractivity contribution in [3.8, 4) is 0 Å². The minimum absolute atomic E-state index is 0.170. The number of nitrogens with zero attached hydrogens (tertiary/aromatic N) is 2. The predicted molar refractivity (Wildman–Crippen MR) is 96.2 cm³/mol. The standard InChI is InChI=1S/C18H24BrN3O/c19-17-9-7-16(8-10-17)5-1-2-6-18(23)21-11-3-4-13-22-14-12-20-15-22/h7-10,12,14-15H,1-6,11,13H2,(H,21,23). The molecule has 1 amide bonds. The molecule has 1 aromatic heterocycles. The Morgan fingerprint density at radius 2 is 1.96 bits per heavy atom. The highest BCUT2D eigenvalue weighted by Crippen LogP contribution is 2.12. The molecule has 0 aliphatic heterocycles. The van der Waals surface area contributed by atoms with E-state index in [1.807, 2.05) is 12.5 Å². The van der Waals surface area contributed by atoms with Gasteiger partial charge in [0.15, 0.2) is 0 Å². The zero-order valence-electron chi connectivity index (χ0n) is 13.4. The summed E-state index contributed by atoms with van der Waals surface area (Å²) in [7, 11) is 0. The molecule has 0 saturated heterocycles. The van der Waals surface area contributed by atoms with Crippen LogP contribution in [0, 0.1) is 0 Å². The van der Waals surface area contributed by atoms with E-state index in [9.17, 15) is 4.79 Å². The van der Waals surface area contributed by atoms with Crippen LogP contribution in [0.15, 0.2) is 47.5 Å². The molecule has 23 heavy (non-hydrogen) atoms. The Morgan fingerprint density at radius 3 is 2.70 bits per heavy atom. The Balaban J connectivity index is 1.46. The lowest BCUT2D eigenvalue weighted by Crippen LogP contribution is -2.24. The van der Waals surface area contributed by atoms with Gasteiger partial charge in [-0.2, -0.15) is 0 Å². The van der Waals surface area contributed by atoms with Crippen molar-refractivity contribution in [1.29, 1.82) is 0 Å². The van der Waals surface area contributed by atoms with Gasteiger partial charge in [-0.1, -0.05) is 28.1 Å². The van der Waals surface area contributed by atoms with Gasteiger partial charge in [0.2, 0.25) is 5.91 Å². The number of aromatic nitrogens is 2. The van der Waals surface area contributed by atoms with Crippen molar-refractivity contribution in [3.05, 3.63) is 53.0 Å². The molecule has 0 saturated carbocycles. The average molecular weight is 378 g/mol. The van der Waals surface area contributed by atoms with Crippen LogP contribution in [0.5, 0.6) is 0 Å². The predicted octanol–water partition coefficient (Wildman–Crippen LogP) is 3.96. The van der Waals surface area contributed by atoms with E-state index in [1.165, 1.54) is 5.56 Å². The summed E-state index contributed by atoms with van der Waals surface area (Å²) in [5.41, 5.74) is 1.33. The van der Waals surface area contributed by atoms with Gasteiger partial charge in [0.05, 0.1) is 6.33 Å². The minimum atomic E-state index is 0.170. The van der Waals surface area contributed by atoms with Crippen LogP contribution < -0.4 is 5.32 Å². The van der Waals surface area contributed by atoms with E-state index in [1.54, 1.807) is 6.20 Å². The SMILES string of the molecule is O=C(CCCCc1ccc(Br)cc1)NCCCCn1ccnc1. The number of aryl methyl sites for hydroxylation is 2. The van der Waals surface area contributed by atoms with Gasteiger partial charge in [-0.05, 0) is 49.8 Å². The van der Waals surface area contributed by atoms with Crippen molar-refractivity contribution < 1.29 is 4.79 Å². The smallest absolute Gasteiger partial charge is 0.219 e. The molecule has 0 spiro atoms. The quantitative estimate of drug-likeness (QED) is 0.637. The monoisotopic (exact) mass is 377 g/mol. The van der Waals surface area contributed by atoms with Gasteiger partial charge in [0, 0.05) is 36.4 Å². The van der Waals surface area contributed by atoms with Crippen LogP contribution in [0.1, 0.15) is 37.7 Å². The van der Waals surface area contributed by atoms with Crippen LogP contribution in [0.3, 0.4) is 0 Å². The largest absolute Gasteiger partial charge is 0.356 e. The maximum absolute atomic E-state index is 11.8. The third-order valence-corrected chi connectivity index (χ3v) is 4.29. The summed E-state index contributed by atoms with van der Waals surface area (Å²) in [5.74, 6) is 0.170. The molecule has 5 heteroatoms. The average Bonchev–Trinajstić information content (AvgIpc) is 3.06. The Hall–Kier alpha value is -1.62. The number of rotatable bonds is 10. The first kappa shape index (κ1) is 17.7. The number of benzene rings is 1. The van der Waals surface area contributed by atoms with E-state index in [0.29, 0.717) is 6.42 Å². The number of amides is 1. The van der Waals surface area contributed by atoms with Gasteiger partial charge >= 0.3 is 0 Å². The Bertz CT molecular complexity index is 566. The fourth-order valence-corrected chi connectivity index (χ4v) is 2.68. The summed E-state index contributed by atoms with van der Waals surface area (Å²) >= 11 is 3.44. The van der Waals surface area contributed by atoms with Crippen LogP contribution >= 0.6 is 15.9 Å². The van der Waals surface area contributed by atoms with Crippen molar-refractivity contribution in [1.82, 2.24) is 14.9 Å². The molecule has 0 radical (unpaired) electrons. The Kier molecular flexibility index (Phi) is 7.87. The molecule has 2 aromatic rings. The number of imidazole rings is 1. The number of carbonyl (C=O) groups is 1. The molecular formula is C18H24BrN3O. The third-order valence-electron chi connectivity index (χ3n) is 3.76. The zero-order chi connectivity index (χ0) is 16.3. The highest BCUT2D eigenvalue weighted by Gasteiger charge is 2.01. The summed E-state index contributed by atoms with van der Waals surface area (Å²) in [5, 5.41) is 3.00. The Morgan fingerprint density at radius 1 is 1.13 bits per heavy atom. The normalized spacial score (nSPS) is 10.7. The van der Waals surface area contributed by atoms with Crippen LogP contribution in [-0.2, 0) is 17.8 Å². The first-order chi connectivity index (χ1) is 11.2. The van der Waals surface area contributed by atoms with Gasteiger partial charge < -0.3 is 9.88 Å². The fraction of sp³-hybridized carbons (Fsp3) is 0.444. The molecule has 1 heterocycles. The molecule has 1 aromatic carbocycles. The molecule has 0 fully saturated rings. The summed E-state index contributed by atoms with van der Waals surface area (Å²) in [4.78, 5) is 15.8. The number of hydrogen-bond acceptors (Lipinski definition) is 2. The minimum Gasteiger partial charge on any atom is -0.356 e. The van der Waals surface area contributed by atoms with Crippen molar-refractivity contribution in [2.45, 2.75) is 45.1 Å². The number of carbonyl (C=O) groups excluding carboxylic acids is 1. The van der Waals surface area contributed by atoms with Gasteiger partial charge in [0.1, 0.15) is 0 Å². The fourth-order valence-electron chi connectivity index (χ4n) is 2.42. The lowest BCUT2D eigenvalue weighted by atomic mass is 10.1. The maximum atomic E-state index is 11.8. The maximum Gasteiger partial charge on any atom is 0.219 e. The lowest BCUT2D eigenvalue weighted by molar-refractivity contribution is -0.121. The molecule has 0 atom stereocenters. The van der Waals surface area contributed by atoms with Crippen molar-refractivity contribution in [2.75, 3.05) is 6.54 Å². The number of halogens is 1. The van der Waals surface area contributed by atoms with Crippen molar-refractivity contribution >= 4 is 21.8 Å². The van der Waals surface area contributed by atoms with Gasteiger partial charge in [0.25, 0.3) is 0 Å². The van der Waals surface area contributed by atoms with E-state index < -0.39 is 0 Å². The molecule has 0 unspecified atom stereocenters. The van der Waals surface area contributed by atoms with Gasteiger partial charge in [-0.15, -0.1) is 0 Å². The second-order valence-electron chi connectivity index (χ2n) is 5.69. The van der Waals surface area contributed by atoms with Gasteiger partial charge in [-0.3, -0.25) is 4.79 Å². The third kappa shape index (κ3) is 7.46. The number of nitrogens with one attached hydrogen (secondary N) is 1. The van der Waals surface area contributed by atoms with Crippen LogP contribution in [0.25, 0.3) is 0 Å². The van der Waals surface area contributed by atoms with Crippen LogP contribution in [0.2, 0.25) is 0 Å². The summed E-state index contributed by atoms with van der Waals surface area (Å²) in [6.45, 7) is 1.73. The highest BCUT2D eigenvalue weighted by atomic mass is 79.9. The van der Waals surface area contributed by atoms with Crippen molar-refractivity contribution in [2.24, 2.45) is 0 Å². The van der Waals surface area contributed by atoms with E-state index >= 15 is 0 Å². The van der Waals surface area contributed by atoms with Crippen LogP contribution in [0.4, 0.5) is 0 Å². The molecule has 0 aliphatic rings. The molecule has 124 valence electrons. The van der Waals surface area contributed by atoms with E-state index in [2.05, 4.69) is 55.1 Å². The summed E-state index contributed by atoms with van der Waals surface area (Å²) in [6, 6.07) is 8.38. The second-order valence-corrected chi connectivity index (χ2v) is 6.61.